The predicted molar refractivity (Wildman–Crippen MR) is 96.5 cm³/mol. The molecule has 2 heterocycles. The lowest BCUT2D eigenvalue weighted by atomic mass is 9.90. The minimum Gasteiger partial charge on any atom is -0.506 e. The van der Waals surface area contributed by atoms with Crippen LogP contribution in [0.4, 0.5) is 0 Å². The molecule has 0 saturated carbocycles. The third-order valence-corrected chi connectivity index (χ3v) is 5.08. The Morgan fingerprint density at radius 2 is 1.96 bits per heavy atom. The summed E-state index contributed by atoms with van der Waals surface area (Å²) in [6.45, 7) is 0. The fraction of sp³-hybridized carbons (Fsp3) is 0.167. The second-order valence-corrected chi connectivity index (χ2v) is 6.93. The number of fused-ring (bicyclic) bond motifs is 3. The molecule has 3 aromatic rings. The monoisotopic (exact) mass is 376 g/mol. The van der Waals surface area contributed by atoms with E-state index < -0.39 is 18.1 Å². The molecule has 1 aliphatic rings. The number of rotatable bonds is 2. The van der Waals surface area contributed by atoms with Crippen molar-refractivity contribution in [2.75, 3.05) is 0 Å². The predicted octanol–water partition coefficient (Wildman–Crippen LogP) is 3.87. The molecule has 0 spiro atoms. The van der Waals surface area contributed by atoms with Gasteiger partial charge in [0.15, 0.2) is 0 Å². The number of aromatic amines is 1. The van der Waals surface area contributed by atoms with Crippen LogP contribution in [0.1, 0.15) is 22.9 Å². The van der Waals surface area contributed by atoms with Gasteiger partial charge < -0.3 is 15.2 Å². The van der Waals surface area contributed by atoms with Gasteiger partial charge in [-0.05, 0) is 23.8 Å². The van der Waals surface area contributed by atoms with Crippen LogP contribution in [0.5, 0.6) is 5.75 Å². The number of halogens is 2. The normalized spacial score (nSPS) is 19.8. The Bertz CT molecular complexity index is 999. The van der Waals surface area contributed by atoms with Gasteiger partial charge in [0.25, 0.3) is 0 Å². The number of para-hydroxylation sites is 1. The van der Waals surface area contributed by atoms with Gasteiger partial charge in [0.2, 0.25) is 0 Å². The highest BCUT2D eigenvalue weighted by Gasteiger charge is 2.35. The largest absolute Gasteiger partial charge is 0.506 e. The van der Waals surface area contributed by atoms with Crippen LogP contribution in [0.15, 0.2) is 36.4 Å². The Morgan fingerprint density at radius 1 is 1.20 bits per heavy atom. The maximum Gasteiger partial charge on any atom is 0.321 e. The number of carboxylic acid groups (broad SMARTS) is 1. The first-order valence-corrected chi connectivity index (χ1v) is 8.47. The topological polar surface area (TPSA) is 85.3 Å². The van der Waals surface area contributed by atoms with Crippen molar-refractivity contribution in [3.05, 3.63) is 63.3 Å². The molecule has 7 heteroatoms. The molecule has 25 heavy (non-hydrogen) atoms. The summed E-state index contributed by atoms with van der Waals surface area (Å²) < 4.78 is 0. The van der Waals surface area contributed by atoms with Gasteiger partial charge in [-0.3, -0.25) is 10.1 Å². The lowest BCUT2D eigenvalue weighted by molar-refractivity contribution is -0.139. The third-order valence-electron chi connectivity index (χ3n) is 4.58. The van der Waals surface area contributed by atoms with Crippen molar-refractivity contribution in [1.82, 2.24) is 10.3 Å². The SMILES string of the molecule is O=C(O)C1Cc2c([nH]c3ccccc23)C(c2cc(Cl)cc(Cl)c2O)N1. The van der Waals surface area contributed by atoms with E-state index in [9.17, 15) is 15.0 Å². The maximum atomic E-state index is 11.6. The summed E-state index contributed by atoms with van der Waals surface area (Å²) in [7, 11) is 0. The van der Waals surface area contributed by atoms with E-state index in [1.54, 1.807) is 6.07 Å². The zero-order valence-corrected chi connectivity index (χ0v) is 14.4. The Kier molecular flexibility index (Phi) is 3.87. The molecule has 2 aromatic carbocycles. The standard InChI is InChI=1S/C18H14Cl2N2O3/c19-8-5-11(17(23)12(20)6-8)16-15-10(7-14(22-16)18(24)25)9-3-1-2-4-13(9)21-15/h1-6,14,16,21-23H,7H2,(H,24,25). The van der Waals surface area contributed by atoms with E-state index in [2.05, 4.69) is 10.3 Å². The number of nitrogens with one attached hydrogen (secondary N) is 2. The van der Waals surface area contributed by atoms with Crippen LogP contribution in [0.2, 0.25) is 10.0 Å². The first kappa shape index (κ1) is 16.3. The number of hydrogen-bond donors (Lipinski definition) is 4. The van der Waals surface area contributed by atoms with Crippen molar-refractivity contribution in [3.8, 4) is 5.75 Å². The van der Waals surface area contributed by atoms with Crippen LogP contribution in [-0.2, 0) is 11.2 Å². The molecule has 0 aliphatic carbocycles. The summed E-state index contributed by atoms with van der Waals surface area (Å²) in [4.78, 5) is 15.0. The number of H-pyrrole nitrogens is 1. The van der Waals surface area contributed by atoms with Gasteiger partial charge in [-0.1, -0.05) is 41.4 Å². The highest BCUT2D eigenvalue weighted by Crippen LogP contribution is 2.41. The van der Waals surface area contributed by atoms with E-state index in [0.29, 0.717) is 17.0 Å². The number of aliphatic carboxylic acids is 1. The van der Waals surface area contributed by atoms with Gasteiger partial charge in [0.1, 0.15) is 11.8 Å². The zero-order chi connectivity index (χ0) is 17.7. The van der Waals surface area contributed by atoms with Gasteiger partial charge >= 0.3 is 5.97 Å². The summed E-state index contributed by atoms with van der Waals surface area (Å²) in [5.41, 5.74) is 3.09. The highest BCUT2D eigenvalue weighted by molar-refractivity contribution is 6.35. The molecule has 0 bridgehead atoms. The summed E-state index contributed by atoms with van der Waals surface area (Å²) >= 11 is 12.2. The van der Waals surface area contributed by atoms with Crippen LogP contribution in [-0.4, -0.2) is 27.2 Å². The number of phenols is 1. The first-order chi connectivity index (χ1) is 12.0. The van der Waals surface area contributed by atoms with Crippen LogP contribution >= 0.6 is 23.2 Å². The Hall–Kier alpha value is -2.21. The quantitative estimate of drug-likeness (QED) is 0.546. The molecule has 0 radical (unpaired) electrons. The summed E-state index contributed by atoms with van der Waals surface area (Å²) in [5.74, 6) is -1.06. The molecule has 2 atom stereocenters. The fourth-order valence-corrected chi connectivity index (χ4v) is 3.95. The average molecular weight is 377 g/mol. The van der Waals surface area contributed by atoms with Crippen LogP contribution in [0.25, 0.3) is 10.9 Å². The summed E-state index contributed by atoms with van der Waals surface area (Å²) in [6, 6.07) is 9.42. The summed E-state index contributed by atoms with van der Waals surface area (Å²) in [6.07, 6.45) is 0.347. The highest BCUT2D eigenvalue weighted by atomic mass is 35.5. The Balaban J connectivity index is 1.96. The van der Waals surface area contributed by atoms with Gasteiger partial charge in [-0.2, -0.15) is 0 Å². The lowest BCUT2D eigenvalue weighted by Gasteiger charge is -2.30. The second kappa shape index (κ2) is 5.95. The number of benzene rings is 2. The molecule has 4 rings (SSSR count). The van der Waals surface area contributed by atoms with E-state index in [0.717, 1.165) is 22.2 Å². The van der Waals surface area contributed by atoms with Crippen LogP contribution in [0.3, 0.4) is 0 Å². The van der Waals surface area contributed by atoms with E-state index in [4.69, 9.17) is 23.2 Å². The first-order valence-electron chi connectivity index (χ1n) is 7.72. The minimum absolute atomic E-state index is 0.112. The smallest absolute Gasteiger partial charge is 0.321 e. The van der Waals surface area contributed by atoms with Crippen molar-refractivity contribution in [2.45, 2.75) is 18.5 Å². The molecule has 128 valence electrons. The fourth-order valence-electron chi connectivity index (χ4n) is 3.44. The molecule has 0 fully saturated rings. The zero-order valence-electron chi connectivity index (χ0n) is 12.9. The number of aromatic nitrogens is 1. The molecule has 5 nitrogen and oxygen atoms in total. The number of carbonyl (C=O) groups is 1. The van der Waals surface area contributed by atoms with Crippen LogP contribution < -0.4 is 5.32 Å². The van der Waals surface area contributed by atoms with Crippen molar-refractivity contribution >= 4 is 40.1 Å². The molecule has 1 aliphatic heterocycles. The molecule has 0 amide bonds. The van der Waals surface area contributed by atoms with Crippen molar-refractivity contribution in [3.63, 3.8) is 0 Å². The molecule has 1 aromatic heterocycles. The van der Waals surface area contributed by atoms with E-state index in [1.165, 1.54) is 6.07 Å². The van der Waals surface area contributed by atoms with Crippen molar-refractivity contribution in [1.29, 1.82) is 0 Å². The average Bonchev–Trinajstić information content (AvgIpc) is 2.96. The molecule has 4 N–H and O–H groups in total. The Morgan fingerprint density at radius 3 is 2.72 bits per heavy atom. The molecule has 2 unspecified atom stereocenters. The maximum absolute atomic E-state index is 11.6. The van der Waals surface area contributed by atoms with Crippen LogP contribution in [0, 0.1) is 0 Å². The number of hydrogen-bond acceptors (Lipinski definition) is 3. The second-order valence-electron chi connectivity index (χ2n) is 6.08. The van der Waals surface area contributed by atoms with E-state index >= 15 is 0 Å². The molecular formula is C18H14Cl2N2O3. The van der Waals surface area contributed by atoms with Gasteiger partial charge in [-0.25, -0.2) is 0 Å². The molecule has 0 saturated heterocycles. The van der Waals surface area contributed by atoms with E-state index in [-0.39, 0.29) is 10.8 Å². The van der Waals surface area contributed by atoms with Gasteiger partial charge in [0.05, 0.1) is 11.1 Å². The lowest BCUT2D eigenvalue weighted by Crippen LogP contribution is -2.45. The van der Waals surface area contributed by atoms with Gasteiger partial charge in [-0.15, -0.1) is 0 Å². The van der Waals surface area contributed by atoms with Gasteiger partial charge in [0, 0.05) is 33.6 Å². The van der Waals surface area contributed by atoms with E-state index in [1.807, 2.05) is 24.3 Å². The Labute approximate surface area is 153 Å². The number of aromatic hydroxyl groups is 1. The third kappa shape index (κ3) is 2.65. The summed E-state index contributed by atoms with van der Waals surface area (Å²) in [5, 5.41) is 24.5. The number of phenolic OH excluding ortho intramolecular Hbond substituents is 1. The molecular weight excluding hydrogens is 363 g/mol. The number of carboxylic acids is 1. The van der Waals surface area contributed by atoms with Crippen molar-refractivity contribution in [2.24, 2.45) is 0 Å². The van der Waals surface area contributed by atoms with Crippen molar-refractivity contribution < 1.29 is 15.0 Å². The minimum atomic E-state index is -0.950.